The van der Waals surface area contributed by atoms with Crippen LogP contribution >= 0.6 is 0 Å². The summed E-state index contributed by atoms with van der Waals surface area (Å²) >= 11 is 0. The Balaban J connectivity index is 1.40. The molecule has 0 spiro atoms. The van der Waals surface area contributed by atoms with Crippen LogP contribution < -0.4 is 16.0 Å². The van der Waals surface area contributed by atoms with Crippen molar-refractivity contribution in [2.24, 2.45) is 4.99 Å². The molecule has 0 bridgehead atoms. The van der Waals surface area contributed by atoms with Crippen molar-refractivity contribution in [2.45, 2.75) is 44.8 Å². The first-order valence-electron chi connectivity index (χ1n) is 10.9. The molecule has 3 rings (SSSR count). The minimum atomic E-state index is -0.0496. The molecule has 2 aliphatic heterocycles. The van der Waals surface area contributed by atoms with Crippen LogP contribution in [0.4, 0.5) is 0 Å². The van der Waals surface area contributed by atoms with Crippen molar-refractivity contribution in [2.75, 3.05) is 46.4 Å². The molecule has 1 amide bonds. The second-order valence-electron chi connectivity index (χ2n) is 7.80. The molecule has 0 saturated carbocycles. The third kappa shape index (κ3) is 7.33. The van der Waals surface area contributed by atoms with Gasteiger partial charge in [-0.1, -0.05) is 18.6 Å². The maximum atomic E-state index is 12.4. The van der Waals surface area contributed by atoms with Crippen LogP contribution in [0.25, 0.3) is 0 Å². The van der Waals surface area contributed by atoms with E-state index in [9.17, 15) is 4.79 Å². The van der Waals surface area contributed by atoms with Crippen LogP contribution in [-0.4, -0.2) is 69.2 Å². The summed E-state index contributed by atoms with van der Waals surface area (Å²) in [6, 6.07) is 7.72. The lowest BCUT2D eigenvalue weighted by atomic mass is 10.1. The van der Waals surface area contributed by atoms with E-state index < -0.39 is 0 Å². The first-order valence-corrected chi connectivity index (χ1v) is 10.9. The van der Waals surface area contributed by atoms with Gasteiger partial charge in [-0.3, -0.25) is 9.79 Å². The molecule has 2 heterocycles. The van der Waals surface area contributed by atoms with Gasteiger partial charge in [0.25, 0.3) is 5.91 Å². The number of hydrogen-bond acceptors (Lipinski definition) is 4. The predicted octanol–water partition coefficient (Wildman–Crippen LogP) is 1.75. The molecule has 1 aromatic rings. The average molecular weight is 402 g/mol. The fraction of sp³-hybridized carbons (Fsp3) is 0.636. The molecular formula is C22H35N5O2. The number of hydrogen-bond donors (Lipinski definition) is 3. The number of nitrogens with zero attached hydrogens (tertiary/aromatic N) is 2. The van der Waals surface area contributed by atoms with Gasteiger partial charge in [-0.2, -0.15) is 0 Å². The number of ether oxygens (including phenoxy) is 1. The minimum absolute atomic E-state index is 0.0496. The summed E-state index contributed by atoms with van der Waals surface area (Å²) in [7, 11) is 1.78. The highest BCUT2D eigenvalue weighted by atomic mass is 16.5. The largest absolute Gasteiger partial charge is 0.376 e. The zero-order valence-electron chi connectivity index (χ0n) is 17.6. The zero-order valence-corrected chi connectivity index (χ0v) is 17.6. The van der Waals surface area contributed by atoms with Crippen LogP contribution in [0.1, 0.15) is 48.0 Å². The molecule has 2 aliphatic rings. The Morgan fingerprint density at radius 1 is 1.17 bits per heavy atom. The van der Waals surface area contributed by atoms with E-state index in [1.54, 1.807) is 7.05 Å². The highest BCUT2D eigenvalue weighted by Crippen LogP contribution is 2.11. The first-order chi connectivity index (χ1) is 14.2. The average Bonchev–Trinajstić information content (AvgIpc) is 3.29. The smallest absolute Gasteiger partial charge is 0.251 e. The Morgan fingerprint density at radius 3 is 2.79 bits per heavy atom. The lowest BCUT2D eigenvalue weighted by Gasteiger charge is -2.26. The highest BCUT2D eigenvalue weighted by molar-refractivity contribution is 5.94. The normalized spacial score (nSPS) is 20.4. The molecule has 2 saturated heterocycles. The van der Waals surface area contributed by atoms with Crippen molar-refractivity contribution in [1.82, 2.24) is 20.9 Å². The van der Waals surface area contributed by atoms with Crippen molar-refractivity contribution in [3.63, 3.8) is 0 Å². The third-order valence-electron chi connectivity index (χ3n) is 5.56. The second-order valence-corrected chi connectivity index (χ2v) is 7.80. The van der Waals surface area contributed by atoms with Crippen molar-refractivity contribution in [1.29, 1.82) is 0 Å². The number of piperidine rings is 1. The van der Waals surface area contributed by atoms with Gasteiger partial charge in [-0.25, -0.2) is 0 Å². The van der Waals surface area contributed by atoms with Gasteiger partial charge in [0.05, 0.1) is 6.10 Å². The van der Waals surface area contributed by atoms with Gasteiger partial charge in [0.15, 0.2) is 5.96 Å². The fourth-order valence-electron chi connectivity index (χ4n) is 3.86. The van der Waals surface area contributed by atoms with Gasteiger partial charge in [-0.05, 0) is 56.5 Å². The lowest BCUT2D eigenvalue weighted by molar-refractivity contribution is 0.0857. The van der Waals surface area contributed by atoms with E-state index in [2.05, 4.69) is 25.8 Å². The van der Waals surface area contributed by atoms with E-state index >= 15 is 0 Å². The number of likely N-dealkylation sites (tertiary alicyclic amines) is 1. The molecule has 3 N–H and O–H groups in total. The number of nitrogens with one attached hydrogen (secondary N) is 3. The molecule has 0 aromatic heterocycles. The van der Waals surface area contributed by atoms with E-state index in [4.69, 9.17) is 4.74 Å². The van der Waals surface area contributed by atoms with E-state index in [0.717, 1.165) is 44.1 Å². The third-order valence-corrected chi connectivity index (χ3v) is 5.56. The molecule has 1 aromatic carbocycles. The number of benzene rings is 1. The van der Waals surface area contributed by atoms with E-state index in [1.807, 2.05) is 24.3 Å². The van der Waals surface area contributed by atoms with E-state index in [-0.39, 0.29) is 12.0 Å². The molecule has 160 valence electrons. The molecule has 1 atom stereocenters. The SMILES string of the molecule is CN=C(NCCN1CCCCC1)NCc1cccc(C(=O)NCC2CCCO2)c1. The quantitative estimate of drug-likeness (QED) is 0.457. The summed E-state index contributed by atoms with van der Waals surface area (Å²) in [6.45, 7) is 6.33. The summed E-state index contributed by atoms with van der Waals surface area (Å²) in [5.41, 5.74) is 1.73. The van der Waals surface area contributed by atoms with Gasteiger partial charge < -0.3 is 25.6 Å². The Bertz CT molecular complexity index is 667. The Labute approximate surface area is 174 Å². The first kappa shape index (κ1) is 21.6. The number of carbonyl (C=O) groups excluding carboxylic acids is 1. The fourth-order valence-corrected chi connectivity index (χ4v) is 3.86. The molecule has 0 radical (unpaired) electrons. The Kier molecular flexibility index (Phi) is 8.77. The molecule has 7 nitrogen and oxygen atoms in total. The highest BCUT2D eigenvalue weighted by Gasteiger charge is 2.16. The maximum absolute atomic E-state index is 12.4. The predicted molar refractivity (Wildman–Crippen MR) is 116 cm³/mol. The van der Waals surface area contributed by atoms with Gasteiger partial charge in [0.1, 0.15) is 0 Å². The summed E-state index contributed by atoms with van der Waals surface area (Å²) < 4.78 is 5.56. The zero-order chi connectivity index (χ0) is 20.3. The summed E-state index contributed by atoms with van der Waals surface area (Å²) in [4.78, 5) is 19.2. The second kappa shape index (κ2) is 11.8. The van der Waals surface area contributed by atoms with Crippen LogP contribution in [-0.2, 0) is 11.3 Å². The van der Waals surface area contributed by atoms with Crippen LogP contribution in [0.15, 0.2) is 29.3 Å². The van der Waals surface area contributed by atoms with Crippen molar-refractivity contribution in [3.8, 4) is 0 Å². The monoisotopic (exact) mass is 401 g/mol. The molecule has 2 fully saturated rings. The van der Waals surface area contributed by atoms with Crippen molar-refractivity contribution < 1.29 is 9.53 Å². The van der Waals surface area contributed by atoms with Gasteiger partial charge in [0, 0.05) is 45.4 Å². The van der Waals surface area contributed by atoms with Gasteiger partial charge in [-0.15, -0.1) is 0 Å². The molecule has 1 unspecified atom stereocenters. The van der Waals surface area contributed by atoms with E-state index in [0.29, 0.717) is 18.7 Å². The van der Waals surface area contributed by atoms with Crippen LogP contribution in [0.3, 0.4) is 0 Å². The maximum Gasteiger partial charge on any atom is 0.251 e. The minimum Gasteiger partial charge on any atom is -0.376 e. The number of aliphatic imine (C=N–C) groups is 1. The van der Waals surface area contributed by atoms with Gasteiger partial charge >= 0.3 is 0 Å². The van der Waals surface area contributed by atoms with Crippen LogP contribution in [0, 0.1) is 0 Å². The van der Waals surface area contributed by atoms with Crippen LogP contribution in [0.2, 0.25) is 0 Å². The number of guanidine groups is 1. The molecular weight excluding hydrogens is 366 g/mol. The molecule has 7 heteroatoms. The number of amides is 1. The van der Waals surface area contributed by atoms with Crippen LogP contribution in [0.5, 0.6) is 0 Å². The Hall–Kier alpha value is -2.12. The summed E-state index contributed by atoms with van der Waals surface area (Å²) in [6.07, 6.45) is 6.24. The van der Waals surface area contributed by atoms with Crippen molar-refractivity contribution >= 4 is 11.9 Å². The molecule has 0 aliphatic carbocycles. The summed E-state index contributed by atoms with van der Waals surface area (Å²) in [5, 5.41) is 9.69. The number of carbonyl (C=O) groups is 1. The lowest BCUT2D eigenvalue weighted by Crippen LogP contribution is -2.42. The van der Waals surface area contributed by atoms with E-state index in [1.165, 1.54) is 32.4 Å². The molecule has 29 heavy (non-hydrogen) atoms. The van der Waals surface area contributed by atoms with Crippen molar-refractivity contribution in [3.05, 3.63) is 35.4 Å². The number of rotatable bonds is 8. The topological polar surface area (TPSA) is 78.0 Å². The van der Waals surface area contributed by atoms with Gasteiger partial charge in [0.2, 0.25) is 0 Å². The summed E-state index contributed by atoms with van der Waals surface area (Å²) in [5.74, 6) is 0.738. The standard InChI is InChI=1S/C22H35N5O2/c1-23-22(24-10-13-27-11-3-2-4-12-27)26-16-18-7-5-8-19(15-18)21(28)25-17-20-9-6-14-29-20/h5,7-8,15,20H,2-4,6,9-14,16-17H2,1H3,(H,25,28)(H2,23,24,26). The Morgan fingerprint density at radius 2 is 2.03 bits per heavy atom.